The lowest BCUT2D eigenvalue weighted by Gasteiger charge is -2.35. The molecule has 2 N–H and O–H groups in total. The summed E-state index contributed by atoms with van der Waals surface area (Å²) in [6, 6.07) is 10.3. The quantitative estimate of drug-likeness (QED) is 0.510. The van der Waals surface area contributed by atoms with Crippen LogP contribution < -0.4 is 24.8 Å². The van der Waals surface area contributed by atoms with Crippen molar-refractivity contribution in [3.63, 3.8) is 0 Å². The third-order valence-electron chi connectivity index (χ3n) is 6.87. The summed E-state index contributed by atoms with van der Waals surface area (Å²) >= 11 is 0. The van der Waals surface area contributed by atoms with Crippen molar-refractivity contribution < 1.29 is 32.2 Å². The van der Waals surface area contributed by atoms with Crippen LogP contribution in [0.2, 0.25) is 0 Å². The molecule has 11 heteroatoms. The summed E-state index contributed by atoms with van der Waals surface area (Å²) in [5.41, 5.74) is 0.352. The minimum Gasteiger partial charge on any atom is -0.497 e. The predicted molar refractivity (Wildman–Crippen MR) is 136 cm³/mol. The molecule has 10 nitrogen and oxygen atoms in total. The number of hydrogen-bond donors (Lipinski definition) is 2. The van der Waals surface area contributed by atoms with Gasteiger partial charge in [-0.2, -0.15) is 4.31 Å². The van der Waals surface area contributed by atoms with Gasteiger partial charge in [-0.05, 0) is 74.6 Å². The van der Waals surface area contributed by atoms with E-state index >= 15 is 0 Å². The molecule has 0 aliphatic carbocycles. The number of sulfonamides is 1. The number of rotatable bonds is 9. The summed E-state index contributed by atoms with van der Waals surface area (Å²) in [6.07, 6.45) is 1.60. The van der Waals surface area contributed by atoms with Crippen molar-refractivity contribution in [2.45, 2.75) is 50.1 Å². The topological polar surface area (TPSA) is 123 Å². The van der Waals surface area contributed by atoms with Crippen molar-refractivity contribution in [3.8, 4) is 17.2 Å². The number of amides is 2. The molecule has 0 aromatic heterocycles. The predicted octanol–water partition coefficient (Wildman–Crippen LogP) is 2.54. The fourth-order valence-corrected chi connectivity index (χ4v) is 5.91. The van der Waals surface area contributed by atoms with E-state index in [0.29, 0.717) is 35.7 Å². The van der Waals surface area contributed by atoms with E-state index in [4.69, 9.17) is 14.2 Å². The molecule has 1 saturated heterocycles. The number of nitrogens with zero attached hydrogens (tertiary/aromatic N) is 1. The number of ether oxygens (including phenoxy) is 3. The molecule has 0 spiro atoms. The second kappa shape index (κ2) is 11.4. The van der Waals surface area contributed by atoms with Gasteiger partial charge in [0.15, 0.2) is 11.5 Å². The molecule has 200 valence electrons. The Morgan fingerprint density at radius 2 is 1.73 bits per heavy atom. The molecular formula is C26H33N3O7S. The van der Waals surface area contributed by atoms with E-state index < -0.39 is 22.0 Å². The fraction of sp³-hybridized carbons (Fsp3) is 0.462. The van der Waals surface area contributed by atoms with Crippen molar-refractivity contribution in [3.05, 3.63) is 48.0 Å². The van der Waals surface area contributed by atoms with Gasteiger partial charge in [0.2, 0.25) is 22.7 Å². The van der Waals surface area contributed by atoms with Gasteiger partial charge in [-0.25, -0.2) is 8.42 Å². The minimum atomic E-state index is -3.69. The number of methoxy groups -OCH3 is 1. The summed E-state index contributed by atoms with van der Waals surface area (Å²) in [7, 11) is -2.17. The Morgan fingerprint density at radius 3 is 2.38 bits per heavy atom. The van der Waals surface area contributed by atoms with Crippen LogP contribution >= 0.6 is 0 Å². The van der Waals surface area contributed by atoms with Crippen LogP contribution in [-0.4, -0.2) is 63.6 Å². The van der Waals surface area contributed by atoms with Crippen LogP contribution in [0.5, 0.6) is 17.2 Å². The Balaban J connectivity index is 1.47. The second-order valence-electron chi connectivity index (χ2n) is 9.25. The Bertz CT molecular complexity index is 1230. The van der Waals surface area contributed by atoms with Crippen LogP contribution in [0.3, 0.4) is 0 Å². The van der Waals surface area contributed by atoms with Gasteiger partial charge in [-0.15, -0.1) is 0 Å². The molecule has 2 unspecified atom stereocenters. The lowest BCUT2D eigenvalue weighted by Crippen LogP contribution is -2.55. The number of carbonyl (C=O) groups is 2. The van der Waals surface area contributed by atoms with Crippen molar-refractivity contribution in [1.29, 1.82) is 0 Å². The van der Waals surface area contributed by atoms with Gasteiger partial charge in [-0.3, -0.25) is 9.59 Å². The normalized spacial score (nSPS) is 17.6. The first-order valence-corrected chi connectivity index (χ1v) is 13.8. The van der Waals surface area contributed by atoms with Gasteiger partial charge >= 0.3 is 0 Å². The van der Waals surface area contributed by atoms with Crippen molar-refractivity contribution in [2.24, 2.45) is 5.92 Å². The van der Waals surface area contributed by atoms with Gasteiger partial charge in [-0.1, -0.05) is 6.92 Å². The Hall–Kier alpha value is -3.31. The maximum atomic E-state index is 13.2. The number of fused-ring (bicyclic) bond motifs is 1. The molecule has 0 radical (unpaired) electrons. The molecule has 4 rings (SSSR count). The van der Waals surface area contributed by atoms with E-state index in [0.717, 1.165) is 6.42 Å². The molecular weight excluding hydrogens is 498 g/mol. The van der Waals surface area contributed by atoms with Crippen LogP contribution in [0, 0.1) is 5.92 Å². The highest BCUT2D eigenvalue weighted by Crippen LogP contribution is 2.33. The van der Waals surface area contributed by atoms with E-state index in [1.54, 1.807) is 30.3 Å². The molecule has 2 aromatic carbocycles. The third-order valence-corrected chi connectivity index (χ3v) is 8.78. The van der Waals surface area contributed by atoms with Crippen molar-refractivity contribution >= 4 is 21.8 Å². The zero-order valence-electron chi connectivity index (χ0n) is 21.2. The molecule has 0 bridgehead atoms. The Kier molecular flexibility index (Phi) is 8.23. The summed E-state index contributed by atoms with van der Waals surface area (Å²) in [5, 5.41) is 5.85. The molecule has 2 heterocycles. The van der Waals surface area contributed by atoms with Crippen molar-refractivity contribution in [1.82, 2.24) is 14.9 Å². The van der Waals surface area contributed by atoms with E-state index in [1.807, 2.05) is 13.8 Å². The van der Waals surface area contributed by atoms with Gasteiger partial charge in [0.25, 0.3) is 5.91 Å². The maximum Gasteiger partial charge on any atom is 0.252 e. The number of benzene rings is 2. The number of piperidine rings is 1. The zero-order valence-corrected chi connectivity index (χ0v) is 22.0. The van der Waals surface area contributed by atoms with E-state index in [1.165, 1.54) is 23.5 Å². The lowest BCUT2D eigenvalue weighted by atomic mass is 9.89. The second-order valence-corrected chi connectivity index (χ2v) is 11.2. The van der Waals surface area contributed by atoms with Crippen LogP contribution in [0.25, 0.3) is 0 Å². The summed E-state index contributed by atoms with van der Waals surface area (Å²) in [6.45, 7) is 4.45. The van der Waals surface area contributed by atoms with E-state index in [-0.39, 0.29) is 42.6 Å². The first-order valence-electron chi connectivity index (χ1n) is 12.4. The van der Waals surface area contributed by atoms with Crippen LogP contribution in [-0.2, 0) is 14.8 Å². The molecule has 2 atom stereocenters. The summed E-state index contributed by atoms with van der Waals surface area (Å²) in [4.78, 5) is 26.5. The number of carbonyl (C=O) groups excluding carboxylic acids is 2. The summed E-state index contributed by atoms with van der Waals surface area (Å²) in [5.74, 6) is 0.699. The van der Waals surface area contributed by atoms with Gasteiger partial charge in [0.05, 0.1) is 12.0 Å². The van der Waals surface area contributed by atoms with E-state index in [9.17, 15) is 18.0 Å². The van der Waals surface area contributed by atoms with Crippen LogP contribution in [0.15, 0.2) is 47.4 Å². The van der Waals surface area contributed by atoms with Crippen LogP contribution in [0.4, 0.5) is 0 Å². The third kappa shape index (κ3) is 5.99. The monoisotopic (exact) mass is 531 g/mol. The molecule has 2 aliphatic heterocycles. The largest absolute Gasteiger partial charge is 0.497 e. The van der Waals surface area contributed by atoms with Crippen molar-refractivity contribution in [2.75, 3.05) is 27.0 Å². The highest BCUT2D eigenvalue weighted by atomic mass is 32.2. The average molecular weight is 532 g/mol. The van der Waals surface area contributed by atoms with Gasteiger partial charge in [0.1, 0.15) is 11.8 Å². The fourth-order valence-electron chi connectivity index (χ4n) is 4.44. The minimum absolute atomic E-state index is 0.0621. The molecule has 2 amide bonds. The van der Waals surface area contributed by atoms with Gasteiger partial charge < -0.3 is 24.8 Å². The molecule has 0 saturated carbocycles. The molecule has 2 aromatic rings. The molecule has 2 aliphatic rings. The standard InChI is InChI=1S/C26H33N3O7S/c1-4-17(2)27-26(31)24(28-25(30)19-5-10-22-23(15-19)36-16-35-22)18-11-13-29(14-12-18)37(32,33)21-8-6-20(34-3)7-9-21/h5-10,15,17-18,24H,4,11-14,16H2,1-3H3,(H,27,31)(H,28,30). The first-order chi connectivity index (χ1) is 17.7. The number of nitrogens with one attached hydrogen (secondary N) is 2. The lowest BCUT2D eigenvalue weighted by molar-refractivity contribution is -0.125. The van der Waals surface area contributed by atoms with Crippen LogP contribution in [0.1, 0.15) is 43.5 Å². The smallest absolute Gasteiger partial charge is 0.252 e. The highest BCUT2D eigenvalue weighted by molar-refractivity contribution is 7.89. The Morgan fingerprint density at radius 1 is 1.05 bits per heavy atom. The zero-order chi connectivity index (χ0) is 26.6. The highest BCUT2D eigenvalue weighted by Gasteiger charge is 2.37. The average Bonchev–Trinajstić information content (AvgIpc) is 3.39. The first kappa shape index (κ1) is 26.7. The van der Waals surface area contributed by atoms with E-state index in [2.05, 4.69) is 10.6 Å². The maximum absolute atomic E-state index is 13.2. The van der Waals surface area contributed by atoms with Gasteiger partial charge in [0, 0.05) is 24.7 Å². The SMILES string of the molecule is CCC(C)NC(=O)C(NC(=O)c1ccc2c(c1)OCO2)C1CCN(S(=O)(=O)c2ccc(OC)cc2)CC1. The molecule has 37 heavy (non-hydrogen) atoms. The number of hydrogen-bond acceptors (Lipinski definition) is 7. The molecule has 1 fully saturated rings. The Labute approximate surface area is 217 Å². The summed E-state index contributed by atoms with van der Waals surface area (Å²) < 4.78 is 43.5.